The fraction of sp³-hybridized carbons (Fsp3) is 0.500. The molecule has 0 amide bonds. The Morgan fingerprint density at radius 1 is 1.25 bits per heavy atom. The van der Waals surface area contributed by atoms with E-state index < -0.39 is 0 Å². The first kappa shape index (κ1) is 18.9. The molecule has 2 aliphatic heterocycles. The number of piperidine rings is 1. The van der Waals surface area contributed by atoms with Crippen LogP contribution in [0.4, 0.5) is 11.4 Å². The van der Waals surface area contributed by atoms with Crippen LogP contribution in [0.1, 0.15) is 19.0 Å². The van der Waals surface area contributed by atoms with E-state index in [1.54, 1.807) is 7.11 Å². The zero-order chi connectivity index (χ0) is 20.0. The van der Waals surface area contributed by atoms with Crippen LogP contribution in [-0.2, 0) is 13.5 Å². The van der Waals surface area contributed by atoms with Gasteiger partial charge < -0.3 is 20.3 Å². The minimum atomic E-state index is 0.419. The van der Waals surface area contributed by atoms with Crippen molar-refractivity contribution >= 4 is 11.4 Å². The van der Waals surface area contributed by atoms with E-state index in [9.17, 15) is 0 Å². The van der Waals surface area contributed by atoms with Gasteiger partial charge in [-0.15, -0.1) is 0 Å². The maximum Gasteiger partial charge on any atom is 0.143 e. The molecule has 1 aromatic carbocycles. The predicted octanol–water partition coefficient (Wildman–Crippen LogP) is 2.94. The molecule has 0 saturated carbocycles. The lowest BCUT2D eigenvalue weighted by Crippen LogP contribution is -2.51. The maximum absolute atomic E-state index is 6.30. The summed E-state index contributed by atoms with van der Waals surface area (Å²) in [5.41, 5.74) is 13.0. The van der Waals surface area contributed by atoms with Crippen LogP contribution in [0.15, 0.2) is 30.5 Å². The van der Waals surface area contributed by atoms with Crippen LogP contribution in [0.3, 0.4) is 0 Å². The number of aryl methyl sites for hydroxylation is 1. The summed E-state index contributed by atoms with van der Waals surface area (Å²) >= 11 is 0. The summed E-state index contributed by atoms with van der Waals surface area (Å²) in [7, 11) is 5.90. The minimum Gasteiger partial charge on any atom is -0.495 e. The van der Waals surface area contributed by atoms with Crippen LogP contribution >= 0.6 is 0 Å². The summed E-state index contributed by atoms with van der Waals surface area (Å²) in [6.45, 7) is 9.58. The number of hydrogen-bond donors (Lipinski definition) is 1. The molecule has 1 saturated heterocycles. The Bertz CT molecular complexity index is 903. The van der Waals surface area contributed by atoms with Crippen molar-refractivity contribution in [2.45, 2.75) is 25.8 Å². The molecule has 150 valence electrons. The van der Waals surface area contributed by atoms with E-state index in [0.29, 0.717) is 17.6 Å². The molecular weight excluding hydrogens is 350 g/mol. The van der Waals surface area contributed by atoms with E-state index in [4.69, 9.17) is 10.5 Å². The smallest absolute Gasteiger partial charge is 0.143 e. The standard InChI is InChI=1S/C22H31N5O/c1-14(2)17-13-25(3)8-6-20(17)27-9-7-19-16(12-24-26(19)4)15-10-18(23)22(28-5)11-21(15)27/h10-12,17,20H,1,6-9,13,23H2,2-5H3. The number of ether oxygens (including phenoxy) is 1. The highest BCUT2D eigenvalue weighted by atomic mass is 16.5. The summed E-state index contributed by atoms with van der Waals surface area (Å²) in [5, 5.41) is 4.51. The third-order valence-corrected chi connectivity index (χ3v) is 6.41. The second-order valence-corrected chi connectivity index (χ2v) is 8.25. The summed E-state index contributed by atoms with van der Waals surface area (Å²) in [6.07, 6.45) is 4.04. The molecule has 2 aromatic rings. The molecule has 0 aliphatic carbocycles. The van der Waals surface area contributed by atoms with E-state index in [1.807, 2.05) is 17.9 Å². The van der Waals surface area contributed by atoms with E-state index in [0.717, 1.165) is 43.8 Å². The second kappa shape index (κ2) is 7.17. The van der Waals surface area contributed by atoms with Crippen molar-refractivity contribution in [3.63, 3.8) is 0 Å². The molecule has 2 unspecified atom stereocenters. The lowest BCUT2D eigenvalue weighted by molar-refractivity contribution is 0.200. The van der Waals surface area contributed by atoms with Gasteiger partial charge in [-0.25, -0.2) is 0 Å². The highest BCUT2D eigenvalue weighted by molar-refractivity contribution is 5.86. The zero-order valence-electron chi connectivity index (χ0n) is 17.4. The monoisotopic (exact) mass is 381 g/mol. The van der Waals surface area contributed by atoms with Crippen molar-refractivity contribution in [3.8, 4) is 16.9 Å². The highest BCUT2D eigenvalue weighted by Crippen LogP contribution is 2.44. The van der Waals surface area contributed by atoms with E-state index in [-0.39, 0.29) is 0 Å². The van der Waals surface area contributed by atoms with Crippen molar-refractivity contribution in [2.24, 2.45) is 13.0 Å². The molecule has 3 heterocycles. The number of nitrogens with zero attached hydrogens (tertiary/aromatic N) is 4. The number of likely N-dealkylation sites (tertiary alicyclic amines) is 1. The summed E-state index contributed by atoms with van der Waals surface area (Å²) in [4.78, 5) is 4.99. The number of benzene rings is 1. The normalized spacial score (nSPS) is 22.4. The molecule has 28 heavy (non-hydrogen) atoms. The topological polar surface area (TPSA) is 59.5 Å². The molecule has 1 fully saturated rings. The van der Waals surface area contributed by atoms with Gasteiger partial charge in [-0.2, -0.15) is 5.10 Å². The first-order valence-corrected chi connectivity index (χ1v) is 10.00. The lowest BCUT2D eigenvalue weighted by atomic mass is 9.85. The number of nitrogen functional groups attached to an aromatic ring is 1. The van der Waals surface area contributed by atoms with Gasteiger partial charge in [0.25, 0.3) is 0 Å². The Morgan fingerprint density at radius 3 is 2.75 bits per heavy atom. The number of rotatable bonds is 3. The Hall–Kier alpha value is -2.47. The van der Waals surface area contributed by atoms with Crippen molar-refractivity contribution < 1.29 is 4.74 Å². The summed E-state index contributed by atoms with van der Waals surface area (Å²) in [5.74, 6) is 1.17. The van der Waals surface area contributed by atoms with Gasteiger partial charge >= 0.3 is 0 Å². The average molecular weight is 382 g/mol. The predicted molar refractivity (Wildman–Crippen MR) is 115 cm³/mol. The minimum absolute atomic E-state index is 0.419. The van der Waals surface area contributed by atoms with Gasteiger partial charge in [0.1, 0.15) is 5.75 Å². The number of anilines is 2. The maximum atomic E-state index is 6.30. The molecule has 0 radical (unpaired) electrons. The van der Waals surface area contributed by atoms with Gasteiger partial charge in [0.2, 0.25) is 0 Å². The fourth-order valence-electron chi connectivity index (χ4n) is 4.85. The van der Waals surface area contributed by atoms with Crippen LogP contribution in [0.25, 0.3) is 11.1 Å². The number of fused-ring (bicyclic) bond motifs is 3. The molecule has 1 aromatic heterocycles. The van der Waals surface area contributed by atoms with Gasteiger partial charge in [-0.1, -0.05) is 12.2 Å². The van der Waals surface area contributed by atoms with Crippen LogP contribution in [0.5, 0.6) is 5.75 Å². The molecule has 6 heteroatoms. The Labute approximate surface area is 167 Å². The number of nitrogens with two attached hydrogens (primary N) is 1. The summed E-state index contributed by atoms with van der Waals surface area (Å²) < 4.78 is 7.57. The molecular formula is C22H31N5O. The quantitative estimate of drug-likeness (QED) is 0.654. The van der Waals surface area contributed by atoms with Gasteiger partial charge in [0, 0.05) is 67.1 Å². The fourth-order valence-corrected chi connectivity index (χ4v) is 4.85. The second-order valence-electron chi connectivity index (χ2n) is 8.25. The number of hydrogen-bond acceptors (Lipinski definition) is 5. The van der Waals surface area contributed by atoms with Crippen LogP contribution in [0.2, 0.25) is 0 Å². The average Bonchev–Trinajstić information content (AvgIpc) is 2.95. The lowest BCUT2D eigenvalue weighted by Gasteiger charge is -2.44. The van der Waals surface area contributed by atoms with Gasteiger partial charge in [-0.05, 0) is 33.0 Å². The van der Waals surface area contributed by atoms with Crippen molar-refractivity contribution in [2.75, 3.05) is 44.4 Å². The highest BCUT2D eigenvalue weighted by Gasteiger charge is 2.35. The third-order valence-electron chi connectivity index (χ3n) is 6.41. The van der Waals surface area contributed by atoms with Crippen molar-refractivity contribution in [1.82, 2.24) is 14.7 Å². The number of aromatic nitrogens is 2. The largest absolute Gasteiger partial charge is 0.495 e. The molecule has 6 nitrogen and oxygen atoms in total. The first-order valence-electron chi connectivity index (χ1n) is 10.00. The SMILES string of the molecule is C=C(C)C1CN(C)CCC1N1CCc2c(cnn2C)-c2cc(N)c(OC)cc21. The first-order chi connectivity index (χ1) is 13.4. The van der Waals surface area contributed by atoms with Crippen LogP contribution in [-0.4, -0.2) is 54.5 Å². The van der Waals surface area contributed by atoms with Crippen LogP contribution < -0.4 is 15.4 Å². The van der Waals surface area contributed by atoms with Crippen LogP contribution in [0, 0.1) is 5.92 Å². The third kappa shape index (κ3) is 3.05. The van der Waals surface area contributed by atoms with E-state index in [2.05, 4.69) is 47.6 Å². The van der Waals surface area contributed by atoms with Gasteiger partial charge in [-0.3, -0.25) is 4.68 Å². The molecule has 2 atom stereocenters. The van der Waals surface area contributed by atoms with Gasteiger partial charge in [0.05, 0.1) is 19.0 Å². The molecule has 4 rings (SSSR count). The molecule has 0 spiro atoms. The molecule has 0 bridgehead atoms. The molecule has 2 N–H and O–H groups in total. The Kier molecular flexibility index (Phi) is 4.83. The van der Waals surface area contributed by atoms with E-state index >= 15 is 0 Å². The summed E-state index contributed by atoms with van der Waals surface area (Å²) in [6, 6.07) is 4.58. The van der Waals surface area contributed by atoms with Crippen molar-refractivity contribution in [1.29, 1.82) is 0 Å². The van der Waals surface area contributed by atoms with E-state index in [1.165, 1.54) is 22.5 Å². The van der Waals surface area contributed by atoms with Gasteiger partial charge in [0.15, 0.2) is 0 Å². The van der Waals surface area contributed by atoms with Crippen molar-refractivity contribution in [3.05, 3.63) is 36.2 Å². The number of methoxy groups -OCH3 is 1. The molecule has 2 aliphatic rings. The Balaban J connectivity index is 1.85. The Morgan fingerprint density at radius 2 is 2.04 bits per heavy atom. The zero-order valence-corrected chi connectivity index (χ0v) is 17.4.